The van der Waals surface area contributed by atoms with Crippen molar-refractivity contribution >= 4 is 28.6 Å². The Morgan fingerprint density at radius 1 is 1.09 bits per heavy atom. The average molecular weight is 793 g/mol. The standard InChI is InChI=1S/C44H48N4O8S/c1-7-14-47-15-13-26-25-11-9-10-12-27(25)45-41(26)44(47)20-57-40-32-31(39-37(55-21-56-39)23(4)35(32)49)29(19-54-43(44)51)48-34(40)33-30-24(18-28(42(48)50)46(33)5)17-22(3)36(52-6)38(30)53-16-8-2/h7-12,17,28-29,33-34,40,42,45,49-50H,1-2,13-16,18-21H2,3-6H3/t28-,29-,33+,34?,40+,42-,44+/m0/s1. The van der Waals surface area contributed by atoms with Crippen LogP contribution in [0.25, 0.3) is 10.9 Å². The van der Waals surface area contributed by atoms with Crippen LogP contribution in [0.3, 0.4) is 0 Å². The summed E-state index contributed by atoms with van der Waals surface area (Å²) >= 11 is 1.61. The molecule has 0 amide bonds. The molecule has 7 aliphatic rings. The van der Waals surface area contributed by atoms with Crippen molar-refractivity contribution in [1.29, 1.82) is 0 Å². The Morgan fingerprint density at radius 3 is 2.68 bits per heavy atom. The minimum atomic E-state index is -1.21. The first-order valence-corrected chi connectivity index (χ1v) is 20.7. The zero-order valence-corrected chi connectivity index (χ0v) is 33.5. The highest BCUT2D eigenvalue weighted by atomic mass is 32.2. The number of carbonyl (C=O) groups excluding carboxylic acids is 1. The number of para-hydroxylation sites is 1. The Bertz CT molecular complexity index is 2360. The molecule has 1 aromatic heterocycles. The second-order valence-corrected chi connectivity index (χ2v) is 17.2. The van der Waals surface area contributed by atoms with Crippen LogP contribution in [0.15, 0.2) is 55.6 Å². The van der Waals surface area contributed by atoms with Crippen molar-refractivity contribution in [2.24, 2.45) is 0 Å². The van der Waals surface area contributed by atoms with Gasteiger partial charge < -0.3 is 38.9 Å². The molecule has 13 heteroatoms. The number of likely N-dealkylation sites (N-methyl/N-ethyl adjacent to an activating group) is 1. The Labute approximate surface area is 336 Å². The number of esters is 1. The molecule has 1 spiro atoms. The number of thioether (sulfide) groups is 1. The van der Waals surface area contributed by atoms with E-state index in [9.17, 15) is 10.2 Å². The van der Waals surface area contributed by atoms with Gasteiger partial charge in [-0.1, -0.05) is 43.0 Å². The van der Waals surface area contributed by atoms with Gasteiger partial charge in [-0.3, -0.25) is 14.7 Å². The lowest BCUT2D eigenvalue weighted by Gasteiger charge is -2.62. The van der Waals surface area contributed by atoms with Crippen molar-refractivity contribution in [3.05, 3.63) is 100 Å². The van der Waals surface area contributed by atoms with Crippen molar-refractivity contribution in [1.82, 2.24) is 19.7 Å². The lowest BCUT2D eigenvalue weighted by Crippen LogP contribution is -2.70. The number of carbonyl (C=O) groups is 1. The number of nitrogens with one attached hydrogen (secondary N) is 1. The van der Waals surface area contributed by atoms with Crippen LogP contribution in [-0.2, 0) is 27.9 Å². The number of phenols is 1. The van der Waals surface area contributed by atoms with Crippen LogP contribution < -0.4 is 18.9 Å². The van der Waals surface area contributed by atoms with Gasteiger partial charge in [-0.15, -0.1) is 18.3 Å². The number of aliphatic hydroxyl groups is 1. The van der Waals surface area contributed by atoms with Gasteiger partial charge in [-0.2, -0.15) is 0 Å². The number of aromatic hydroxyl groups is 1. The molecular weight excluding hydrogens is 745 g/mol. The first kappa shape index (κ1) is 36.7. The van der Waals surface area contributed by atoms with Crippen LogP contribution in [0.1, 0.15) is 62.0 Å². The number of phenolic OH excluding ortho intramolecular Hbond substituents is 1. The number of benzene rings is 3. The fourth-order valence-corrected chi connectivity index (χ4v) is 12.8. The van der Waals surface area contributed by atoms with Crippen LogP contribution >= 0.6 is 11.8 Å². The maximum Gasteiger partial charge on any atom is 0.333 e. The molecule has 2 saturated heterocycles. The van der Waals surface area contributed by atoms with Gasteiger partial charge in [0.2, 0.25) is 6.79 Å². The van der Waals surface area contributed by atoms with Crippen LogP contribution in [-0.4, -0.2) is 107 Å². The molecule has 7 aliphatic heterocycles. The van der Waals surface area contributed by atoms with Gasteiger partial charge in [0, 0.05) is 58.0 Å². The lowest BCUT2D eigenvalue weighted by atomic mass is 9.73. The third-order valence-corrected chi connectivity index (χ3v) is 14.9. The zero-order valence-electron chi connectivity index (χ0n) is 32.7. The number of aromatic amines is 1. The lowest BCUT2D eigenvalue weighted by molar-refractivity contribution is -0.188. The van der Waals surface area contributed by atoms with Gasteiger partial charge in [0.25, 0.3) is 0 Å². The number of fused-ring (bicyclic) bond motifs is 11. The third-order valence-electron chi connectivity index (χ3n) is 13.4. The van der Waals surface area contributed by atoms with E-state index in [1.165, 1.54) is 0 Å². The van der Waals surface area contributed by atoms with Gasteiger partial charge in [-0.05, 0) is 56.5 Å². The van der Waals surface area contributed by atoms with Crippen molar-refractivity contribution in [2.45, 2.75) is 67.9 Å². The van der Waals surface area contributed by atoms with Crippen LogP contribution in [0.5, 0.6) is 28.7 Å². The molecule has 298 valence electrons. The molecule has 4 bridgehead atoms. The topological polar surface area (TPSA) is 129 Å². The minimum absolute atomic E-state index is 0.00430. The number of rotatable bonds is 6. The van der Waals surface area contributed by atoms with Gasteiger partial charge in [-0.25, -0.2) is 4.79 Å². The number of piperazine rings is 1. The molecule has 7 atom stereocenters. The molecular formula is C44H48N4O8S. The Balaban J connectivity index is 1.23. The van der Waals surface area contributed by atoms with Gasteiger partial charge in [0.15, 0.2) is 28.5 Å². The number of aromatic nitrogens is 1. The van der Waals surface area contributed by atoms with E-state index in [1.54, 1.807) is 24.9 Å². The number of methoxy groups -OCH3 is 1. The number of aryl methyl sites for hydroxylation is 1. The zero-order chi connectivity index (χ0) is 39.5. The molecule has 4 aromatic rings. The smallest absolute Gasteiger partial charge is 0.333 e. The SMILES string of the molecule is C=CCOc1c(OC)c(C)cc2c1[C@@H]1C3[C@@H]4SC[C@]5(C(=O)OC[C@@H](c6c7c(c(C)c(O)c64)OCO7)N3[C@@H](O)[C@H](C2)N1C)c1[nH]c2ccccc2c1CCN5CC=C. The summed E-state index contributed by atoms with van der Waals surface area (Å²) in [4.78, 5) is 25.5. The maximum atomic E-state index is 15.2. The molecule has 57 heavy (non-hydrogen) atoms. The van der Waals surface area contributed by atoms with Crippen molar-refractivity contribution < 1.29 is 38.7 Å². The van der Waals surface area contributed by atoms with E-state index in [1.807, 2.05) is 32.1 Å². The second-order valence-electron chi connectivity index (χ2n) is 16.0. The highest BCUT2D eigenvalue weighted by molar-refractivity contribution is 7.99. The number of hydrogen-bond acceptors (Lipinski definition) is 12. The Kier molecular flexibility index (Phi) is 8.65. The summed E-state index contributed by atoms with van der Waals surface area (Å²) in [5.41, 5.74) is 6.70. The molecule has 11 rings (SSSR count). The van der Waals surface area contributed by atoms with E-state index < -0.39 is 29.1 Å². The Hall–Kier alpha value is -4.66. The number of hydrogen-bond donors (Lipinski definition) is 3. The molecule has 0 saturated carbocycles. The summed E-state index contributed by atoms with van der Waals surface area (Å²) in [5, 5.41) is 25.8. The van der Waals surface area contributed by atoms with E-state index in [0.29, 0.717) is 59.2 Å². The molecule has 8 heterocycles. The normalized spacial score (nSPS) is 29.0. The number of aliphatic hydroxyl groups excluding tert-OH is 1. The molecule has 12 nitrogen and oxygen atoms in total. The molecule has 0 radical (unpaired) electrons. The molecule has 3 aromatic carbocycles. The first-order valence-electron chi connectivity index (χ1n) is 19.7. The van der Waals surface area contributed by atoms with Gasteiger partial charge >= 0.3 is 5.97 Å². The largest absolute Gasteiger partial charge is 0.507 e. The fraction of sp³-hybridized carbons (Fsp3) is 0.432. The summed E-state index contributed by atoms with van der Waals surface area (Å²) in [6.07, 6.45) is 3.92. The van der Waals surface area contributed by atoms with E-state index in [0.717, 1.165) is 45.3 Å². The van der Waals surface area contributed by atoms with Crippen molar-refractivity contribution in [3.63, 3.8) is 0 Å². The number of nitrogens with zero attached hydrogens (tertiary/aromatic N) is 3. The minimum Gasteiger partial charge on any atom is -0.507 e. The van der Waals surface area contributed by atoms with E-state index in [2.05, 4.69) is 58.1 Å². The molecule has 0 aliphatic carbocycles. The summed E-state index contributed by atoms with van der Waals surface area (Å²) in [7, 11) is 3.73. The quantitative estimate of drug-likeness (QED) is 0.163. The predicted molar refractivity (Wildman–Crippen MR) is 216 cm³/mol. The number of H-pyrrole nitrogens is 1. The van der Waals surface area contributed by atoms with E-state index in [4.69, 9.17) is 23.7 Å². The third kappa shape index (κ3) is 4.92. The van der Waals surface area contributed by atoms with Crippen LogP contribution in [0, 0.1) is 13.8 Å². The van der Waals surface area contributed by atoms with E-state index >= 15 is 4.79 Å². The van der Waals surface area contributed by atoms with Crippen LogP contribution in [0.2, 0.25) is 0 Å². The number of ether oxygens (including phenoxy) is 5. The summed E-state index contributed by atoms with van der Waals surface area (Å²) in [6, 6.07) is 8.57. The highest BCUT2D eigenvalue weighted by Gasteiger charge is 2.62. The summed E-state index contributed by atoms with van der Waals surface area (Å²) in [5.74, 6) is 2.34. The highest BCUT2D eigenvalue weighted by Crippen LogP contribution is 2.64. The molecule has 1 unspecified atom stereocenters. The maximum absolute atomic E-state index is 15.2. The summed E-state index contributed by atoms with van der Waals surface area (Å²) in [6.45, 7) is 13.2. The Morgan fingerprint density at radius 2 is 1.89 bits per heavy atom. The summed E-state index contributed by atoms with van der Waals surface area (Å²) < 4.78 is 31.5. The second kappa shape index (κ2) is 13.5. The predicted octanol–water partition coefficient (Wildman–Crippen LogP) is 5.72. The van der Waals surface area contributed by atoms with E-state index in [-0.39, 0.29) is 49.6 Å². The monoisotopic (exact) mass is 792 g/mol. The first-order chi connectivity index (χ1) is 27.7. The van der Waals surface area contributed by atoms with Crippen molar-refractivity contribution in [3.8, 4) is 28.7 Å². The fourth-order valence-electron chi connectivity index (χ4n) is 11.0. The van der Waals surface area contributed by atoms with Crippen LogP contribution in [0.4, 0.5) is 0 Å². The molecule has 3 N–H and O–H groups in total. The van der Waals surface area contributed by atoms with Crippen molar-refractivity contribution in [2.75, 3.05) is 53.0 Å². The average Bonchev–Trinajstić information content (AvgIpc) is 3.85. The van der Waals surface area contributed by atoms with Gasteiger partial charge in [0.05, 0.1) is 36.2 Å². The molecule has 2 fully saturated rings. The van der Waals surface area contributed by atoms with Gasteiger partial charge in [0.1, 0.15) is 25.2 Å².